The molecule has 140 valence electrons. The van der Waals surface area contributed by atoms with E-state index >= 15 is 0 Å². The van der Waals surface area contributed by atoms with E-state index in [-0.39, 0.29) is 18.1 Å². The van der Waals surface area contributed by atoms with Gasteiger partial charge >= 0.3 is 0 Å². The van der Waals surface area contributed by atoms with Gasteiger partial charge in [0.2, 0.25) is 5.91 Å². The number of carbonyl (C=O) groups excluding carboxylic acids is 1. The molecule has 2 aromatic heterocycles. The molecule has 0 fully saturated rings. The lowest BCUT2D eigenvalue weighted by molar-refractivity contribution is -0.115. The Bertz CT molecular complexity index is 1170. The minimum Gasteiger partial charge on any atom is -0.309 e. The van der Waals surface area contributed by atoms with Gasteiger partial charge in [0.25, 0.3) is 0 Å². The van der Waals surface area contributed by atoms with Crippen LogP contribution in [0.4, 0.5) is 14.6 Å². The summed E-state index contributed by atoms with van der Waals surface area (Å²) in [6.07, 6.45) is 1.35. The van der Waals surface area contributed by atoms with Gasteiger partial charge in [0.15, 0.2) is 5.82 Å². The molecule has 4 aromatic rings. The van der Waals surface area contributed by atoms with E-state index < -0.39 is 5.82 Å². The first kappa shape index (κ1) is 18.1. The monoisotopic (exact) mass is 397 g/mol. The Labute approximate surface area is 164 Å². The van der Waals surface area contributed by atoms with Crippen molar-refractivity contribution in [1.29, 1.82) is 0 Å². The number of fused-ring (bicyclic) bond motifs is 1. The van der Waals surface area contributed by atoms with Gasteiger partial charge in [-0.05, 0) is 42.0 Å². The molecule has 2 aromatic carbocycles. The number of carbonyl (C=O) groups is 1. The zero-order valence-corrected chi connectivity index (χ0v) is 15.3. The summed E-state index contributed by atoms with van der Waals surface area (Å²) in [6.45, 7) is 0. The predicted molar refractivity (Wildman–Crippen MR) is 104 cm³/mol. The number of halogens is 3. The Balaban J connectivity index is 1.72. The van der Waals surface area contributed by atoms with Crippen molar-refractivity contribution in [3.8, 4) is 11.3 Å². The number of anilines is 1. The van der Waals surface area contributed by atoms with Crippen LogP contribution in [0.3, 0.4) is 0 Å². The van der Waals surface area contributed by atoms with Gasteiger partial charge in [-0.15, -0.1) is 0 Å². The second-order valence-corrected chi connectivity index (χ2v) is 6.68. The minimum atomic E-state index is -0.433. The Hall–Kier alpha value is -3.25. The van der Waals surface area contributed by atoms with Gasteiger partial charge in [-0.1, -0.05) is 35.9 Å². The Morgan fingerprint density at radius 2 is 1.79 bits per heavy atom. The molecule has 0 saturated heterocycles. The standard InChI is InChI=1S/C21H14ClF2N3O/c22-15-3-1-2-14(11-15)20-21(25-18-9-8-17(24)12-27(18)20)26-19(28)10-13-4-6-16(23)7-5-13/h1-9,11-12H,10H2,(H,26,28). The van der Waals surface area contributed by atoms with E-state index in [4.69, 9.17) is 11.6 Å². The number of nitrogens with zero attached hydrogens (tertiary/aromatic N) is 2. The second kappa shape index (κ2) is 7.40. The van der Waals surface area contributed by atoms with E-state index in [2.05, 4.69) is 10.3 Å². The first-order valence-corrected chi connectivity index (χ1v) is 8.85. The van der Waals surface area contributed by atoms with Crippen molar-refractivity contribution in [2.24, 2.45) is 0 Å². The average molecular weight is 398 g/mol. The summed E-state index contributed by atoms with van der Waals surface area (Å²) < 4.78 is 28.4. The van der Waals surface area contributed by atoms with Crippen LogP contribution in [0.2, 0.25) is 5.02 Å². The van der Waals surface area contributed by atoms with Crippen LogP contribution in [0.1, 0.15) is 5.56 Å². The molecule has 0 saturated carbocycles. The molecule has 0 aliphatic heterocycles. The summed E-state index contributed by atoms with van der Waals surface area (Å²) >= 11 is 6.10. The molecule has 1 amide bonds. The fourth-order valence-corrected chi connectivity index (χ4v) is 3.17. The van der Waals surface area contributed by atoms with Crippen LogP contribution in [-0.2, 0) is 11.2 Å². The number of pyridine rings is 1. The highest BCUT2D eigenvalue weighted by Crippen LogP contribution is 2.31. The maximum atomic E-state index is 13.8. The molecule has 0 spiro atoms. The van der Waals surface area contributed by atoms with E-state index in [0.717, 1.165) is 0 Å². The first-order chi connectivity index (χ1) is 13.5. The highest BCUT2D eigenvalue weighted by molar-refractivity contribution is 6.30. The number of hydrogen-bond donors (Lipinski definition) is 1. The summed E-state index contributed by atoms with van der Waals surface area (Å²) in [4.78, 5) is 16.9. The maximum Gasteiger partial charge on any atom is 0.230 e. The number of imidazole rings is 1. The lowest BCUT2D eigenvalue weighted by atomic mass is 10.1. The van der Waals surface area contributed by atoms with Gasteiger partial charge in [-0.2, -0.15) is 0 Å². The van der Waals surface area contributed by atoms with E-state index in [1.54, 1.807) is 40.8 Å². The summed E-state index contributed by atoms with van der Waals surface area (Å²) in [5.41, 5.74) is 2.35. The minimum absolute atomic E-state index is 0.0531. The van der Waals surface area contributed by atoms with Gasteiger partial charge in [0.1, 0.15) is 17.3 Å². The van der Waals surface area contributed by atoms with Gasteiger partial charge in [0.05, 0.1) is 12.1 Å². The summed E-state index contributed by atoms with van der Waals surface area (Å²) in [7, 11) is 0. The topological polar surface area (TPSA) is 46.4 Å². The third kappa shape index (κ3) is 3.73. The lowest BCUT2D eigenvalue weighted by Gasteiger charge is -2.08. The number of aromatic nitrogens is 2. The zero-order valence-electron chi connectivity index (χ0n) is 14.5. The largest absolute Gasteiger partial charge is 0.309 e. The number of benzene rings is 2. The van der Waals surface area contributed by atoms with E-state index in [0.29, 0.717) is 33.3 Å². The second-order valence-electron chi connectivity index (χ2n) is 6.25. The average Bonchev–Trinajstić information content (AvgIpc) is 3.00. The highest BCUT2D eigenvalue weighted by atomic mass is 35.5. The maximum absolute atomic E-state index is 13.8. The van der Waals surface area contributed by atoms with Crippen molar-refractivity contribution >= 4 is 29.0 Å². The van der Waals surface area contributed by atoms with Crippen LogP contribution in [0.5, 0.6) is 0 Å². The summed E-state index contributed by atoms with van der Waals surface area (Å²) in [6, 6.07) is 15.5. The first-order valence-electron chi connectivity index (χ1n) is 8.47. The van der Waals surface area contributed by atoms with Crippen molar-refractivity contribution < 1.29 is 13.6 Å². The van der Waals surface area contributed by atoms with Gasteiger partial charge in [-0.25, -0.2) is 13.8 Å². The third-order valence-electron chi connectivity index (χ3n) is 4.22. The molecule has 4 nitrogen and oxygen atoms in total. The van der Waals surface area contributed by atoms with Crippen molar-refractivity contribution in [2.45, 2.75) is 6.42 Å². The molecule has 7 heteroatoms. The van der Waals surface area contributed by atoms with E-state index in [1.165, 1.54) is 30.5 Å². The number of hydrogen-bond acceptors (Lipinski definition) is 2. The fourth-order valence-electron chi connectivity index (χ4n) is 2.98. The van der Waals surface area contributed by atoms with Crippen LogP contribution in [0.15, 0.2) is 66.9 Å². The molecule has 0 atom stereocenters. The summed E-state index contributed by atoms with van der Waals surface area (Å²) in [5.74, 6) is -0.828. The smallest absolute Gasteiger partial charge is 0.230 e. The highest BCUT2D eigenvalue weighted by Gasteiger charge is 2.17. The summed E-state index contributed by atoms with van der Waals surface area (Å²) in [5, 5.41) is 3.28. The predicted octanol–water partition coefficient (Wildman–Crippen LogP) is 5.11. The molecular formula is C21H14ClF2N3O. The van der Waals surface area contributed by atoms with E-state index in [1.807, 2.05) is 0 Å². The molecule has 1 N–H and O–H groups in total. The Kier molecular flexibility index (Phi) is 4.79. The molecule has 28 heavy (non-hydrogen) atoms. The van der Waals surface area contributed by atoms with Crippen molar-refractivity contribution in [2.75, 3.05) is 5.32 Å². The molecule has 0 aliphatic rings. The van der Waals surface area contributed by atoms with Crippen LogP contribution in [-0.4, -0.2) is 15.3 Å². The van der Waals surface area contributed by atoms with Gasteiger partial charge < -0.3 is 5.32 Å². The quantitative estimate of drug-likeness (QED) is 0.520. The number of amides is 1. The SMILES string of the molecule is O=C(Cc1ccc(F)cc1)Nc1nc2ccc(F)cn2c1-c1cccc(Cl)c1. The van der Waals surface area contributed by atoms with Crippen LogP contribution in [0, 0.1) is 11.6 Å². The van der Waals surface area contributed by atoms with E-state index in [9.17, 15) is 13.6 Å². The van der Waals surface area contributed by atoms with Gasteiger partial charge in [0, 0.05) is 16.8 Å². The lowest BCUT2D eigenvalue weighted by Crippen LogP contribution is -2.15. The Morgan fingerprint density at radius 1 is 1.04 bits per heavy atom. The molecule has 0 aliphatic carbocycles. The van der Waals surface area contributed by atoms with Crippen molar-refractivity contribution in [1.82, 2.24) is 9.38 Å². The molecule has 0 unspecified atom stereocenters. The molecule has 0 radical (unpaired) electrons. The fraction of sp³-hybridized carbons (Fsp3) is 0.0476. The third-order valence-corrected chi connectivity index (χ3v) is 4.45. The van der Waals surface area contributed by atoms with Crippen LogP contribution in [0.25, 0.3) is 16.9 Å². The Morgan fingerprint density at radius 3 is 2.54 bits per heavy atom. The molecule has 2 heterocycles. The van der Waals surface area contributed by atoms with Gasteiger partial charge in [-0.3, -0.25) is 9.20 Å². The van der Waals surface area contributed by atoms with Crippen molar-refractivity contribution in [3.63, 3.8) is 0 Å². The molecule has 0 bridgehead atoms. The number of rotatable bonds is 4. The zero-order chi connectivity index (χ0) is 19.7. The molecular weight excluding hydrogens is 384 g/mol. The normalized spacial score (nSPS) is 11.0. The number of nitrogens with one attached hydrogen (secondary N) is 1. The van der Waals surface area contributed by atoms with Crippen LogP contribution < -0.4 is 5.32 Å². The molecule has 4 rings (SSSR count). The van der Waals surface area contributed by atoms with Crippen LogP contribution >= 0.6 is 11.6 Å². The van der Waals surface area contributed by atoms with Crippen molar-refractivity contribution in [3.05, 3.63) is 89.1 Å².